The van der Waals surface area contributed by atoms with Gasteiger partial charge in [-0.3, -0.25) is 0 Å². The Morgan fingerprint density at radius 1 is 1.11 bits per heavy atom. The summed E-state index contributed by atoms with van der Waals surface area (Å²) in [5, 5.41) is 3.44. The number of hydrogen-bond donors (Lipinski definition) is 1. The maximum absolute atomic E-state index is 4.94. The molecule has 0 fully saturated rings. The lowest BCUT2D eigenvalue weighted by Crippen LogP contribution is -2.13. The van der Waals surface area contributed by atoms with Crippen LogP contribution < -0.4 is 5.32 Å². The fourth-order valence-electron chi connectivity index (χ4n) is 2.12. The fraction of sp³-hybridized carbons (Fsp3) is 0.292. The van der Waals surface area contributed by atoms with E-state index in [0.29, 0.717) is 0 Å². The van der Waals surface area contributed by atoms with Crippen molar-refractivity contribution in [3.8, 4) is 0 Å². The smallest absolute Gasteiger partial charge is 0.0682 e. The number of thioether (sulfide) groups is 1. The second kappa shape index (κ2) is 14.9. The number of aryl methyl sites for hydroxylation is 2. The molecule has 0 spiro atoms. The molecule has 1 aromatic rings. The van der Waals surface area contributed by atoms with Crippen LogP contribution in [0.2, 0.25) is 0 Å². The van der Waals surface area contributed by atoms with E-state index in [-0.39, 0.29) is 0 Å². The summed E-state index contributed by atoms with van der Waals surface area (Å²) < 4.78 is 0. The Morgan fingerprint density at radius 2 is 1.71 bits per heavy atom. The molecule has 2 nitrogen and oxygen atoms in total. The van der Waals surface area contributed by atoms with Crippen molar-refractivity contribution in [1.82, 2.24) is 4.90 Å². The number of thiocarbonyl (C=S) groups is 1. The molecule has 0 atom stereocenters. The first-order valence-electron chi connectivity index (χ1n) is 9.36. The zero-order chi connectivity index (χ0) is 21.5. The van der Waals surface area contributed by atoms with E-state index in [9.17, 15) is 0 Å². The molecule has 0 heterocycles. The number of anilines is 1. The average molecular weight is 415 g/mol. The summed E-state index contributed by atoms with van der Waals surface area (Å²) in [7, 11) is 1.90. The first kappa shape index (κ1) is 26.0. The van der Waals surface area contributed by atoms with Gasteiger partial charge in [0.2, 0.25) is 0 Å². The molecule has 0 radical (unpaired) electrons. The molecule has 0 unspecified atom stereocenters. The van der Waals surface area contributed by atoms with E-state index in [4.69, 9.17) is 12.2 Å². The summed E-state index contributed by atoms with van der Waals surface area (Å²) in [5.74, 6) is 0. The van der Waals surface area contributed by atoms with Crippen molar-refractivity contribution in [3.63, 3.8) is 0 Å². The minimum absolute atomic E-state index is 0.898. The van der Waals surface area contributed by atoms with Crippen molar-refractivity contribution in [2.45, 2.75) is 34.6 Å². The Labute approximate surface area is 181 Å². The Bertz CT molecular complexity index is 756. The molecule has 28 heavy (non-hydrogen) atoms. The second-order valence-electron chi connectivity index (χ2n) is 5.96. The zero-order valence-electron chi connectivity index (χ0n) is 18.2. The third-order valence-electron chi connectivity index (χ3n) is 3.74. The van der Waals surface area contributed by atoms with E-state index in [1.165, 1.54) is 11.1 Å². The van der Waals surface area contributed by atoms with Gasteiger partial charge in [0.15, 0.2) is 0 Å². The first-order valence-corrected chi connectivity index (χ1v) is 11.1. The van der Waals surface area contributed by atoms with Crippen LogP contribution in [0.5, 0.6) is 0 Å². The van der Waals surface area contributed by atoms with Gasteiger partial charge < -0.3 is 10.2 Å². The molecule has 0 aliphatic carbocycles. The van der Waals surface area contributed by atoms with Crippen molar-refractivity contribution >= 4 is 35.2 Å². The van der Waals surface area contributed by atoms with E-state index in [0.717, 1.165) is 22.0 Å². The highest BCUT2D eigenvalue weighted by molar-refractivity contribution is 8.02. The molecule has 1 aromatic carbocycles. The SMILES string of the molecule is C=C(\C(=C/C=C/C=C/C=C(\C)Nc1cc(C)ccc1C)SC)N(C)C=S.CC. The van der Waals surface area contributed by atoms with Crippen LogP contribution >= 0.6 is 24.0 Å². The first-order chi connectivity index (χ1) is 13.4. The van der Waals surface area contributed by atoms with Crippen molar-refractivity contribution in [1.29, 1.82) is 0 Å². The van der Waals surface area contributed by atoms with Crippen LogP contribution in [-0.2, 0) is 0 Å². The molecule has 0 amide bonds. The van der Waals surface area contributed by atoms with Crippen LogP contribution in [0, 0.1) is 13.8 Å². The quantitative estimate of drug-likeness (QED) is 0.334. The summed E-state index contributed by atoms with van der Waals surface area (Å²) in [6, 6.07) is 6.42. The standard InChI is InChI=1S/C22H28N2S2.C2H6/c1-17-13-14-18(2)21(15-17)23-19(3)11-9-7-8-10-12-22(26-6)20(4)24(5)16-25;1-2/h7-16,23H,4H2,1-3,5-6H3;1-2H3/b9-7+,10-8+,19-11+,22-12+;. The molecule has 0 aliphatic heterocycles. The van der Waals surface area contributed by atoms with Crippen molar-refractivity contribution in [2.75, 3.05) is 18.6 Å². The van der Waals surface area contributed by atoms with Crippen LogP contribution in [0.1, 0.15) is 31.9 Å². The van der Waals surface area contributed by atoms with Gasteiger partial charge in [-0.25, -0.2) is 0 Å². The molecular weight excluding hydrogens is 380 g/mol. The van der Waals surface area contributed by atoms with Crippen LogP contribution in [0.3, 0.4) is 0 Å². The minimum Gasteiger partial charge on any atom is -0.359 e. The number of allylic oxidation sites excluding steroid dienone is 7. The zero-order valence-corrected chi connectivity index (χ0v) is 19.9. The molecule has 0 bridgehead atoms. The van der Waals surface area contributed by atoms with E-state index in [1.54, 1.807) is 17.3 Å². The molecule has 1 N–H and O–H groups in total. The van der Waals surface area contributed by atoms with Gasteiger partial charge in [-0.05, 0) is 56.4 Å². The lowest BCUT2D eigenvalue weighted by Gasteiger charge is -2.16. The normalized spacial score (nSPS) is 12.0. The van der Waals surface area contributed by atoms with Crippen LogP contribution in [0.25, 0.3) is 0 Å². The summed E-state index contributed by atoms with van der Waals surface area (Å²) in [5.41, 5.74) is 7.22. The van der Waals surface area contributed by atoms with Crippen LogP contribution in [-0.4, -0.2) is 23.7 Å². The number of nitrogens with zero attached hydrogens (tertiary/aromatic N) is 1. The van der Waals surface area contributed by atoms with Crippen molar-refractivity contribution in [2.24, 2.45) is 0 Å². The van der Waals surface area contributed by atoms with Gasteiger partial charge in [0.1, 0.15) is 0 Å². The topological polar surface area (TPSA) is 15.3 Å². The summed E-state index contributed by atoms with van der Waals surface area (Å²) in [6.45, 7) is 14.3. The number of rotatable bonds is 9. The Kier molecular flexibility index (Phi) is 13.9. The average Bonchev–Trinajstić information content (AvgIpc) is 2.70. The third-order valence-corrected chi connectivity index (χ3v) is 4.87. The summed E-state index contributed by atoms with van der Waals surface area (Å²) in [6.07, 6.45) is 14.2. The number of nitrogens with one attached hydrogen (secondary N) is 1. The highest BCUT2D eigenvalue weighted by Gasteiger charge is 2.03. The summed E-state index contributed by atoms with van der Waals surface area (Å²) >= 11 is 6.59. The maximum Gasteiger partial charge on any atom is 0.0682 e. The minimum atomic E-state index is 0.898. The van der Waals surface area contributed by atoms with Crippen LogP contribution in [0.4, 0.5) is 5.69 Å². The maximum atomic E-state index is 4.94. The van der Waals surface area contributed by atoms with Gasteiger partial charge in [-0.15, -0.1) is 11.8 Å². The van der Waals surface area contributed by atoms with Crippen molar-refractivity contribution in [3.05, 3.63) is 88.7 Å². The van der Waals surface area contributed by atoms with E-state index < -0.39 is 0 Å². The predicted octanol–water partition coefficient (Wildman–Crippen LogP) is 7.41. The second-order valence-corrected chi connectivity index (χ2v) is 7.02. The van der Waals surface area contributed by atoms with Gasteiger partial charge in [0, 0.05) is 29.0 Å². The molecule has 4 heteroatoms. The monoisotopic (exact) mass is 414 g/mol. The number of hydrogen-bond acceptors (Lipinski definition) is 3. The molecule has 0 aromatic heterocycles. The molecule has 0 aliphatic rings. The van der Waals surface area contributed by atoms with Gasteiger partial charge >= 0.3 is 0 Å². The molecule has 0 saturated heterocycles. The fourth-order valence-corrected chi connectivity index (χ4v) is 2.84. The Balaban J connectivity index is 0.00000352. The van der Waals surface area contributed by atoms with Gasteiger partial charge in [-0.2, -0.15) is 0 Å². The molecule has 152 valence electrons. The van der Waals surface area contributed by atoms with E-state index in [2.05, 4.69) is 56.9 Å². The lowest BCUT2D eigenvalue weighted by atomic mass is 10.1. The molecule has 0 saturated carbocycles. The van der Waals surface area contributed by atoms with Gasteiger partial charge in [0.25, 0.3) is 0 Å². The number of benzene rings is 1. The highest BCUT2D eigenvalue weighted by atomic mass is 32.2. The van der Waals surface area contributed by atoms with Crippen molar-refractivity contribution < 1.29 is 0 Å². The lowest BCUT2D eigenvalue weighted by molar-refractivity contribution is 0.679. The molecular formula is C24H34N2S2. The largest absolute Gasteiger partial charge is 0.359 e. The van der Waals surface area contributed by atoms with E-state index >= 15 is 0 Å². The Morgan fingerprint density at radius 3 is 2.29 bits per heavy atom. The van der Waals surface area contributed by atoms with Crippen LogP contribution in [0.15, 0.2) is 77.5 Å². The third kappa shape index (κ3) is 9.77. The van der Waals surface area contributed by atoms with Gasteiger partial charge in [-0.1, -0.05) is 69.1 Å². The highest BCUT2D eigenvalue weighted by Crippen LogP contribution is 2.21. The molecule has 1 rings (SSSR count). The van der Waals surface area contributed by atoms with E-state index in [1.807, 2.05) is 62.4 Å². The number of likely N-dealkylation sites (N-methyl/N-ethyl adjacent to an activating group) is 1. The van der Waals surface area contributed by atoms with Gasteiger partial charge in [0.05, 0.1) is 5.49 Å². The predicted molar refractivity (Wildman–Crippen MR) is 135 cm³/mol. The Hall–Kier alpha value is -2.04. The summed E-state index contributed by atoms with van der Waals surface area (Å²) in [4.78, 5) is 2.92.